The number of carbonyl (C=O) groups is 1. The molecule has 0 aliphatic carbocycles. The molecule has 4 nitrogen and oxygen atoms in total. The van der Waals surface area contributed by atoms with Crippen LogP contribution in [0.3, 0.4) is 0 Å². The van der Waals surface area contributed by atoms with Gasteiger partial charge in [-0.2, -0.15) is 0 Å². The minimum absolute atomic E-state index is 0.0457. The second-order valence-corrected chi connectivity index (χ2v) is 8.12. The van der Waals surface area contributed by atoms with E-state index in [1.807, 2.05) is 6.07 Å². The summed E-state index contributed by atoms with van der Waals surface area (Å²) in [4.78, 5) is 18.4. The number of hydrogen-bond donors (Lipinski definition) is 1. The normalized spacial score (nSPS) is 21.9. The van der Waals surface area contributed by atoms with Crippen molar-refractivity contribution in [1.82, 2.24) is 15.1 Å². The van der Waals surface area contributed by atoms with E-state index < -0.39 is 6.04 Å². The summed E-state index contributed by atoms with van der Waals surface area (Å²) >= 11 is 1.75. The zero-order chi connectivity index (χ0) is 17.9. The second kappa shape index (κ2) is 7.86. The summed E-state index contributed by atoms with van der Waals surface area (Å²) in [6, 6.07) is 8.22. The molecule has 2 saturated heterocycles. The third-order valence-electron chi connectivity index (χ3n) is 5.15. The summed E-state index contributed by atoms with van der Waals surface area (Å²) < 4.78 is 13.6. The zero-order valence-corrected chi connectivity index (χ0v) is 15.6. The molecule has 2 aromatic rings. The Labute approximate surface area is 157 Å². The highest BCUT2D eigenvalue weighted by molar-refractivity contribution is 7.10. The molecule has 1 N–H and O–H groups in total. The van der Waals surface area contributed by atoms with Crippen LogP contribution in [0.5, 0.6) is 0 Å². The lowest BCUT2D eigenvalue weighted by Crippen LogP contribution is -2.49. The van der Waals surface area contributed by atoms with Crippen LogP contribution in [0.25, 0.3) is 0 Å². The van der Waals surface area contributed by atoms with Gasteiger partial charge in [0.05, 0.1) is 0 Å². The Balaban J connectivity index is 1.48. The highest BCUT2D eigenvalue weighted by Crippen LogP contribution is 2.28. The molecule has 0 unspecified atom stereocenters. The third kappa shape index (κ3) is 3.98. The molecule has 3 heterocycles. The minimum atomic E-state index is -0.427. The molecule has 2 aliphatic rings. The highest BCUT2D eigenvalue weighted by Gasteiger charge is 2.31. The van der Waals surface area contributed by atoms with Crippen LogP contribution < -0.4 is 5.32 Å². The molecule has 1 amide bonds. The molecule has 1 aromatic carbocycles. The van der Waals surface area contributed by atoms with Crippen LogP contribution in [-0.4, -0.2) is 41.9 Å². The monoisotopic (exact) mass is 373 g/mol. The molecule has 0 saturated carbocycles. The van der Waals surface area contributed by atoms with Crippen LogP contribution in [-0.2, 0) is 17.9 Å². The van der Waals surface area contributed by atoms with Crippen molar-refractivity contribution in [1.29, 1.82) is 0 Å². The molecule has 26 heavy (non-hydrogen) atoms. The van der Waals surface area contributed by atoms with Gasteiger partial charge in [0.2, 0.25) is 5.91 Å². The van der Waals surface area contributed by atoms with Crippen molar-refractivity contribution in [2.24, 2.45) is 0 Å². The maximum Gasteiger partial charge on any atom is 0.242 e. The summed E-state index contributed by atoms with van der Waals surface area (Å²) in [5.41, 5.74) is 2.08. The number of likely N-dealkylation sites (tertiary alicyclic amines) is 1. The molecular formula is C20H24FN3OS. The maximum atomic E-state index is 13.6. The Bertz CT molecular complexity index is 772. The van der Waals surface area contributed by atoms with E-state index in [9.17, 15) is 9.18 Å². The number of thiophene rings is 1. The smallest absolute Gasteiger partial charge is 0.242 e. The summed E-state index contributed by atoms with van der Waals surface area (Å²) in [5.74, 6) is -0.347. The van der Waals surface area contributed by atoms with E-state index in [1.54, 1.807) is 17.4 Å². The Morgan fingerprint density at radius 1 is 1.15 bits per heavy atom. The number of nitrogens with one attached hydrogen (secondary N) is 1. The van der Waals surface area contributed by atoms with Gasteiger partial charge in [0.25, 0.3) is 0 Å². The maximum absolute atomic E-state index is 13.6. The lowest BCUT2D eigenvalue weighted by atomic mass is 10.0. The summed E-state index contributed by atoms with van der Waals surface area (Å²) in [7, 11) is 0. The van der Waals surface area contributed by atoms with Gasteiger partial charge in [-0.05, 0) is 60.6 Å². The van der Waals surface area contributed by atoms with Crippen molar-refractivity contribution in [3.05, 3.63) is 57.5 Å². The topological polar surface area (TPSA) is 35.6 Å². The lowest BCUT2D eigenvalue weighted by Gasteiger charge is -2.35. The lowest BCUT2D eigenvalue weighted by molar-refractivity contribution is -0.129. The van der Waals surface area contributed by atoms with Gasteiger partial charge in [0, 0.05) is 31.1 Å². The first-order chi connectivity index (χ1) is 12.7. The van der Waals surface area contributed by atoms with E-state index in [0.717, 1.165) is 25.2 Å². The highest BCUT2D eigenvalue weighted by atomic mass is 32.1. The van der Waals surface area contributed by atoms with E-state index in [1.165, 1.54) is 48.5 Å². The number of carbonyl (C=O) groups excluding carboxylic acids is 1. The molecule has 0 spiro atoms. The predicted molar refractivity (Wildman–Crippen MR) is 101 cm³/mol. The van der Waals surface area contributed by atoms with Crippen LogP contribution in [0, 0.1) is 5.82 Å². The van der Waals surface area contributed by atoms with Gasteiger partial charge in [0.15, 0.2) is 0 Å². The number of amides is 1. The summed E-state index contributed by atoms with van der Waals surface area (Å²) in [5, 5.41) is 5.14. The molecule has 4 rings (SSSR count). The van der Waals surface area contributed by atoms with Gasteiger partial charge >= 0.3 is 0 Å². The van der Waals surface area contributed by atoms with E-state index in [2.05, 4.69) is 26.6 Å². The number of piperazine rings is 1. The number of rotatable bonds is 5. The van der Waals surface area contributed by atoms with E-state index in [0.29, 0.717) is 6.54 Å². The Morgan fingerprint density at radius 3 is 2.81 bits per heavy atom. The zero-order valence-electron chi connectivity index (χ0n) is 14.8. The van der Waals surface area contributed by atoms with Crippen LogP contribution in [0.4, 0.5) is 4.39 Å². The van der Waals surface area contributed by atoms with Crippen LogP contribution in [0.1, 0.15) is 34.9 Å². The van der Waals surface area contributed by atoms with E-state index >= 15 is 0 Å². The van der Waals surface area contributed by atoms with E-state index in [4.69, 9.17) is 0 Å². The van der Waals surface area contributed by atoms with Crippen molar-refractivity contribution < 1.29 is 9.18 Å². The molecule has 6 heteroatoms. The number of hydrogen-bond acceptors (Lipinski definition) is 4. The summed E-state index contributed by atoms with van der Waals surface area (Å²) in [6.07, 6.45) is 2.60. The second-order valence-electron chi connectivity index (χ2n) is 7.12. The van der Waals surface area contributed by atoms with Crippen molar-refractivity contribution in [2.75, 3.05) is 26.2 Å². The molecule has 1 aromatic heterocycles. The molecule has 2 fully saturated rings. The van der Waals surface area contributed by atoms with Crippen molar-refractivity contribution in [3.8, 4) is 0 Å². The van der Waals surface area contributed by atoms with Gasteiger partial charge in [-0.3, -0.25) is 14.6 Å². The third-order valence-corrected chi connectivity index (χ3v) is 6.12. The fourth-order valence-electron chi connectivity index (χ4n) is 3.91. The Kier molecular flexibility index (Phi) is 5.33. The standard InChI is InChI=1S/C20H24FN3OS/c21-17-5-3-4-16(11-17)19-20(25)22-6-9-24(19)13-18-10-15(14-26-18)12-23-7-1-2-8-23/h3-5,10-11,14,19H,1-2,6-9,12-13H2,(H,22,25)/t19-/m0/s1. The van der Waals surface area contributed by atoms with Crippen molar-refractivity contribution >= 4 is 17.2 Å². The van der Waals surface area contributed by atoms with Crippen molar-refractivity contribution in [2.45, 2.75) is 32.0 Å². The van der Waals surface area contributed by atoms with Gasteiger partial charge < -0.3 is 5.32 Å². The SMILES string of the molecule is O=C1NCCN(Cc2cc(CN3CCCC3)cs2)[C@H]1c1cccc(F)c1. The Hall–Kier alpha value is -1.76. The summed E-state index contributed by atoms with van der Waals surface area (Å²) in [6.45, 7) is 5.53. The van der Waals surface area contributed by atoms with Crippen LogP contribution in [0.2, 0.25) is 0 Å². The van der Waals surface area contributed by atoms with Gasteiger partial charge in [-0.25, -0.2) is 4.39 Å². The largest absolute Gasteiger partial charge is 0.353 e. The molecule has 2 aliphatic heterocycles. The number of benzene rings is 1. The predicted octanol–water partition coefficient (Wildman–Crippen LogP) is 3.16. The van der Waals surface area contributed by atoms with Gasteiger partial charge in [-0.15, -0.1) is 11.3 Å². The fourth-order valence-corrected chi connectivity index (χ4v) is 4.82. The van der Waals surface area contributed by atoms with Crippen molar-refractivity contribution in [3.63, 3.8) is 0 Å². The van der Waals surface area contributed by atoms with Gasteiger partial charge in [0.1, 0.15) is 11.9 Å². The average Bonchev–Trinajstić information content (AvgIpc) is 3.28. The molecule has 0 radical (unpaired) electrons. The van der Waals surface area contributed by atoms with Crippen LogP contribution in [0.15, 0.2) is 35.7 Å². The first kappa shape index (κ1) is 17.6. The molecule has 138 valence electrons. The fraction of sp³-hybridized carbons (Fsp3) is 0.450. The molecular weight excluding hydrogens is 349 g/mol. The minimum Gasteiger partial charge on any atom is -0.353 e. The quantitative estimate of drug-likeness (QED) is 0.875. The molecule has 0 bridgehead atoms. The first-order valence-electron chi connectivity index (χ1n) is 9.25. The number of halogens is 1. The van der Waals surface area contributed by atoms with Crippen LogP contribution >= 0.6 is 11.3 Å². The van der Waals surface area contributed by atoms with E-state index in [-0.39, 0.29) is 11.7 Å². The average molecular weight is 373 g/mol. The first-order valence-corrected chi connectivity index (χ1v) is 10.1. The molecule has 1 atom stereocenters. The van der Waals surface area contributed by atoms with Gasteiger partial charge in [-0.1, -0.05) is 12.1 Å². The number of nitrogens with zero attached hydrogens (tertiary/aromatic N) is 2. The Morgan fingerprint density at radius 2 is 2.00 bits per heavy atom.